The second kappa shape index (κ2) is 5.84. The number of nitrogens with one attached hydrogen (secondary N) is 1. The molecule has 0 aliphatic carbocycles. The van der Waals surface area contributed by atoms with Gasteiger partial charge in [-0.05, 0) is 6.07 Å². The summed E-state index contributed by atoms with van der Waals surface area (Å²) < 4.78 is 10.4. The van der Waals surface area contributed by atoms with Gasteiger partial charge in [-0.25, -0.2) is 5.48 Å². The lowest BCUT2D eigenvalue weighted by Crippen LogP contribution is -2.24. The maximum absolute atomic E-state index is 5.57. The van der Waals surface area contributed by atoms with Crippen molar-refractivity contribution in [2.24, 2.45) is 0 Å². The summed E-state index contributed by atoms with van der Waals surface area (Å²) in [5, 5.41) is 0. The molecule has 4 nitrogen and oxygen atoms in total. The van der Waals surface area contributed by atoms with Gasteiger partial charge < -0.3 is 9.47 Å². The number of hydrogen-bond donors (Lipinski definition) is 1. The van der Waals surface area contributed by atoms with E-state index in [1.54, 1.807) is 7.11 Å². The molecule has 0 bridgehead atoms. The van der Waals surface area contributed by atoms with Crippen LogP contribution < -0.4 is 10.2 Å². The number of benzene rings is 1. The molecule has 0 radical (unpaired) electrons. The molecule has 1 unspecified atom stereocenters. The van der Waals surface area contributed by atoms with Crippen LogP contribution in [-0.2, 0) is 9.57 Å². The van der Waals surface area contributed by atoms with Crippen LogP contribution in [0.2, 0.25) is 0 Å². The molecule has 0 fully saturated rings. The zero-order chi connectivity index (χ0) is 11.2. The van der Waals surface area contributed by atoms with Crippen molar-refractivity contribution in [2.75, 3.05) is 33.5 Å². The highest BCUT2D eigenvalue weighted by atomic mass is 16.7. The Morgan fingerprint density at radius 3 is 3.12 bits per heavy atom. The lowest BCUT2D eigenvalue weighted by molar-refractivity contribution is 0.00390. The van der Waals surface area contributed by atoms with E-state index in [0.717, 1.165) is 18.9 Å². The fraction of sp³-hybridized carbons (Fsp3) is 0.500. The predicted molar refractivity (Wildman–Crippen MR) is 60.5 cm³/mol. The molecule has 1 aliphatic heterocycles. The Hall–Kier alpha value is -1.10. The molecule has 1 N–H and O–H groups in total. The van der Waals surface area contributed by atoms with Gasteiger partial charge in [0.05, 0.1) is 19.8 Å². The zero-order valence-electron chi connectivity index (χ0n) is 9.44. The monoisotopic (exact) mass is 223 g/mol. The summed E-state index contributed by atoms with van der Waals surface area (Å²) in [5.74, 6) is 1.37. The van der Waals surface area contributed by atoms with Crippen molar-refractivity contribution in [1.82, 2.24) is 5.48 Å². The van der Waals surface area contributed by atoms with E-state index in [2.05, 4.69) is 11.5 Å². The van der Waals surface area contributed by atoms with Crippen molar-refractivity contribution in [1.29, 1.82) is 0 Å². The third kappa shape index (κ3) is 2.72. The first kappa shape index (κ1) is 11.4. The van der Waals surface area contributed by atoms with Gasteiger partial charge in [0.25, 0.3) is 0 Å². The molecule has 1 aromatic rings. The molecule has 16 heavy (non-hydrogen) atoms. The topological polar surface area (TPSA) is 39.7 Å². The van der Waals surface area contributed by atoms with Gasteiger partial charge in [0.15, 0.2) is 0 Å². The number of hydroxylamine groups is 1. The minimum absolute atomic E-state index is 0.374. The van der Waals surface area contributed by atoms with E-state index >= 15 is 0 Å². The Morgan fingerprint density at radius 1 is 1.38 bits per heavy atom. The number of ether oxygens (including phenoxy) is 2. The van der Waals surface area contributed by atoms with Crippen LogP contribution in [0, 0.1) is 0 Å². The fourth-order valence-corrected chi connectivity index (χ4v) is 1.75. The van der Waals surface area contributed by atoms with Crippen LogP contribution in [0.15, 0.2) is 24.3 Å². The first-order valence-corrected chi connectivity index (χ1v) is 5.47. The smallest absolute Gasteiger partial charge is 0.122 e. The maximum Gasteiger partial charge on any atom is 0.122 e. The zero-order valence-corrected chi connectivity index (χ0v) is 9.44. The Balaban J connectivity index is 1.76. The molecular weight excluding hydrogens is 206 g/mol. The van der Waals surface area contributed by atoms with Gasteiger partial charge in [0, 0.05) is 25.1 Å². The molecule has 1 aliphatic rings. The normalized spacial score (nSPS) is 18.2. The second-order valence-electron chi connectivity index (χ2n) is 3.74. The summed E-state index contributed by atoms with van der Waals surface area (Å²) in [6, 6.07) is 8.13. The van der Waals surface area contributed by atoms with Crippen molar-refractivity contribution in [3.8, 4) is 5.75 Å². The van der Waals surface area contributed by atoms with Gasteiger partial charge in [0.2, 0.25) is 0 Å². The average Bonchev–Trinajstić information content (AvgIpc) is 2.73. The largest absolute Gasteiger partial charge is 0.493 e. The number of para-hydroxylation sites is 1. The van der Waals surface area contributed by atoms with Crippen LogP contribution in [0.4, 0.5) is 0 Å². The van der Waals surface area contributed by atoms with Crippen LogP contribution in [0.3, 0.4) is 0 Å². The van der Waals surface area contributed by atoms with E-state index in [-0.39, 0.29) is 0 Å². The molecule has 1 aromatic carbocycles. The lowest BCUT2D eigenvalue weighted by atomic mass is 10.0. The molecule has 0 saturated heterocycles. The van der Waals surface area contributed by atoms with E-state index in [9.17, 15) is 0 Å². The SMILES string of the molecule is COCCONCC1COc2ccccc21. The van der Waals surface area contributed by atoms with Crippen LogP contribution in [0.25, 0.3) is 0 Å². The number of methoxy groups -OCH3 is 1. The van der Waals surface area contributed by atoms with E-state index < -0.39 is 0 Å². The van der Waals surface area contributed by atoms with Gasteiger partial charge in [0.1, 0.15) is 5.75 Å². The molecule has 4 heteroatoms. The minimum atomic E-state index is 0.374. The Bertz CT molecular complexity index is 330. The molecule has 1 heterocycles. The van der Waals surface area contributed by atoms with Gasteiger partial charge in [-0.2, -0.15) is 0 Å². The average molecular weight is 223 g/mol. The predicted octanol–water partition coefficient (Wildman–Crippen LogP) is 1.33. The Kier molecular flexibility index (Phi) is 4.16. The summed E-state index contributed by atoms with van der Waals surface area (Å²) in [4.78, 5) is 5.22. The van der Waals surface area contributed by atoms with E-state index in [0.29, 0.717) is 19.1 Å². The summed E-state index contributed by atoms with van der Waals surface area (Å²) in [7, 11) is 1.66. The van der Waals surface area contributed by atoms with E-state index in [1.165, 1.54) is 5.56 Å². The first-order chi connectivity index (χ1) is 7.92. The Morgan fingerprint density at radius 2 is 2.25 bits per heavy atom. The van der Waals surface area contributed by atoms with Crippen LogP contribution in [0.5, 0.6) is 5.75 Å². The highest BCUT2D eigenvalue weighted by Crippen LogP contribution is 2.32. The molecule has 0 spiro atoms. The number of rotatable bonds is 6. The molecule has 88 valence electrons. The van der Waals surface area contributed by atoms with Crippen molar-refractivity contribution < 1.29 is 14.3 Å². The van der Waals surface area contributed by atoms with E-state index in [1.807, 2.05) is 18.2 Å². The van der Waals surface area contributed by atoms with E-state index in [4.69, 9.17) is 14.3 Å². The van der Waals surface area contributed by atoms with Crippen molar-refractivity contribution in [3.63, 3.8) is 0 Å². The molecular formula is C12H17NO3. The molecule has 0 aromatic heterocycles. The van der Waals surface area contributed by atoms with Gasteiger partial charge in [-0.3, -0.25) is 4.84 Å². The highest BCUT2D eigenvalue weighted by Gasteiger charge is 2.22. The summed E-state index contributed by atoms with van der Waals surface area (Å²) >= 11 is 0. The quantitative estimate of drug-likeness (QED) is 0.583. The summed E-state index contributed by atoms with van der Waals surface area (Å²) in [6.07, 6.45) is 0. The minimum Gasteiger partial charge on any atom is -0.493 e. The van der Waals surface area contributed by atoms with Gasteiger partial charge >= 0.3 is 0 Å². The fourth-order valence-electron chi connectivity index (χ4n) is 1.75. The van der Waals surface area contributed by atoms with Crippen molar-refractivity contribution in [2.45, 2.75) is 5.92 Å². The standard InChI is InChI=1S/C12H17NO3/c1-14-6-7-16-13-8-10-9-15-12-5-3-2-4-11(10)12/h2-5,10,13H,6-9H2,1H3. The molecule has 0 amide bonds. The third-order valence-electron chi connectivity index (χ3n) is 2.62. The van der Waals surface area contributed by atoms with Gasteiger partial charge in [-0.15, -0.1) is 0 Å². The molecule has 2 rings (SSSR count). The van der Waals surface area contributed by atoms with Crippen molar-refractivity contribution >= 4 is 0 Å². The summed E-state index contributed by atoms with van der Waals surface area (Å²) in [5.41, 5.74) is 4.20. The first-order valence-electron chi connectivity index (χ1n) is 5.47. The lowest BCUT2D eigenvalue weighted by Gasteiger charge is -2.10. The third-order valence-corrected chi connectivity index (χ3v) is 2.62. The van der Waals surface area contributed by atoms with Crippen LogP contribution in [0.1, 0.15) is 11.5 Å². The van der Waals surface area contributed by atoms with Crippen LogP contribution >= 0.6 is 0 Å². The number of fused-ring (bicyclic) bond motifs is 1. The van der Waals surface area contributed by atoms with Crippen LogP contribution in [-0.4, -0.2) is 33.5 Å². The van der Waals surface area contributed by atoms with Gasteiger partial charge in [-0.1, -0.05) is 18.2 Å². The van der Waals surface area contributed by atoms with Crippen molar-refractivity contribution in [3.05, 3.63) is 29.8 Å². The second-order valence-corrected chi connectivity index (χ2v) is 3.74. The molecule has 1 atom stereocenters. The molecule has 0 saturated carbocycles. The highest BCUT2D eigenvalue weighted by molar-refractivity contribution is 5.39. The Labute approximate surface area is 95.5 Å². The maximum atomic E-state index is 5.57. The summed E-state index contributed by atoms with van der Waals surface area (Å²) in [6.45, 7) is 2.65. The number of hydrogen-bond acceptors (Lipinski definition) is 4.